The molecule has 0 unspecified atom stereocenters. The highest BCUT2D eigenvalue weighted by atomic mass is 16.3. The molecule has 0 amide bonds. The summed E-state index contributed by atoms with van der Waals surface area (Å²) >= 11 is 0. The molecule has 0 N–H and O–H groups in total. The second-order valence-corrected chi connectivity index (χ2v) is 13.2. The van der Waals surface area contributed by atoms with Gasteiger partial charge in [-0.25, -0.2) is 4.98 Å². The van der Waals surface area contributed by atoms with E-state index in [2.05, 4.69) is 161 Å². The molecule has 0 atom stereocenters. The third kappa shape index (κ3) is 5.56. The molecule has 5 heteroatoms. The maximum Gasteiger partial charge on any atom is 0.227 e. The Balaban J connectivity index is 1.27. The lowest BCUT2D eigenvalue weighted by Gasteiger charge is -2.30. The van der Waals surface area contributed by atoms with Crippen LogP contribution >= 0.6 is 0 Å². The topological polar surface area (TPSA) is 45.7 Å². The normalized spacial score (nSPS) is 11.3. The summed E-state index contributed by atoms with van der Waals surface area (Å²) < 4.78 is 13.1. The van der Waals surface area contributed by atoms with Crippen LogP contribution in [0.3, 0.4) is 0 Å². The monoisotopic (exact) mass is 695 g/mol. The molecule has 0 saturated heterocycles. The lowest BCUT2D eigenvalue weighted by Crippen LogP contribution is -2.14. The Kier molecular flexibility index (Phi) is 7.73. The van der Waals surface area contributed by atoms with Gasteiger partial charge in [-0.3, -0.25) is 0 Å². The molecule has 0 spiro atoms. The zero-order valence-electron chi connectivity index (χ0n) is 29.2. The average Bonchev–Trinajstić information content (AvgIpc) is 3.85. The Bertz CT molecular complexity index is 2880. The van der Waals surface area contributed by atoms with E-state index in [1.165, 1.54) is 0 Å². The van der Waals surface area contributed by atoms with Gasteiger partial charge in [-0.15, -0.1) is 0 Å². The van der Waals surface area contributed by atoms with Crippen LogP contribution in [0.1, 0.15) is 0 Å². The zero-order chi connectivity index (χ0) is 35.8. The van der Waals surface area contributed by atoms with Crippen LogP contribution in [0.2, 0.25) is 0 Å². The minimum atomic E-state index is 0.559. The van der Waals surface area contributed by atoms with Crippen molar-refractivity contribution in [3.05, 3.63) is 200 Å². The Morgan fingerprint density at radius 2 is 0.944 bits per heavy atom. The number of para-hydroxylation sites is 4. The van der Waals surface area contributed by atoms with Crippen molar-refractivity contribution in [2.24, 2.45) is 0 Å². The molecular formula is C49H33N3O2. The predicted octanol–water partition coefficient (Wildman–Crippen LogP) is 14.0. The number of rotatable bonds is 8. The molecule has 2 aromatic heterocycles. The number of nitrogens with zero attached hydrogens (tertiary/aromatic N) is 3. The van der Waals surface area contributed by atoms with Crippen molar-refractivity contribution >= 4 is 67.2 Å². The van der Waals surface area contributed by atoms with E-state index in [1.54, 1.807) is 0 Å². The summed E-state index contributed by atoms with van der Waals surface area (Å²) in [5.74, 6) is 0.559. The molecule has 0 fully saturated rings. The Hall–Kier alpha value is -7.37. The van der Waals surface area contributed by atoms with Gasteiger partial charge in [0, 0.05) is 39.0 Å². The van der Waals surface area contributed by atoms with Crippen molar-refractivity contribution in [3.8, 4) is 22.6 Å². The highest BCUT2D eigenvalue weighted by Crippen LogP contribution is 2.47. The number of hydrogen-bond acceptors (Lipinski definition) is 5. The first-order chi connectivity index (χ1) is 26.8. The summed E-state index contributed by atoms with van der Waals surface area (Å²) in [4.78, 5) is 9.75. The van der Waals surface area contributed by atoms with Crippen molar-refractivity contribution in [3.63, 3.8) is 0 Å². The lowest BCUT2D eigenvalue weighted by molar-refractivity contribution is 0.620. The molecule has 0 aliphatic rings. The molecular weight excluding hydrogens is 663 g/mol. The maximum atomic E-state index is 6.80. The Morgan fingerprint density at radius 1 is 0.370 bits per heavy atom. The maximum absolute atomic E-state index is 6.80. The van der Waals surface area contributed by atoms with Crippen LogP contribution in [0, 0.1) is 0 Å². The van der Waals surface area contributed by atoms with Gasteiger partial charge in [0.1, 0.15) is 16.7 Å². The third-order valence-electron chi connectivity index (χ3n) is 9.85. The van der Waals surface area contributed by atoms with E-state index in [1.807, 2.05) is 48.5 Å². The largest absolute Gasteiger partial charge is 0.456 e. The summed E-state index contributed by atoms with van der Waals surface area (Å²) in [6, 6.07) is 69.1. The van der Waals surface area contributed by atoms with Crippen molar-refractivity contribution in [1.29, 1.82) is 0 Å². The summed E-state index contributed by atoms with van der Waals surface area (Å²) in [6.45, 7) is 0. The van der Waals surface area contributed by atoms with Gasteiger partial charge in [0.25, 0.3) is 0 Å². The van der Waals surface area contributed by atoms with Crippen LogP contribution in [0.5, 0.6) is 0 Å². The second-order valence-electron chi connectivity index (χ2n) is 13.2. The fourth-order valence-corrected chi connectivity index (χ4v) is 7.39. The molecule has 8 aromatic carbocycles. The van der Waals surface area contributed by atoms with Crippen LogP contribution in [0.4, 0.5) is 34.1 Å². The van der Waals surface area contributed by atoms with Gasteiger partial charge >= 0.3 is 0 Å². The number of aromatic nitrogens is 1. The number of hydrogen-bond donors (Lipinski definition) is 0. The highest BCUT2D eigenvalue weighted by molar-refractivity contribution is 6.07. The minimum Gasteiger partial charge on any atom is -0.456 e. The molecule has 0 radical (unpaired) electrons. The average molecular weight is 696 g/mol. The van der Waals surface area contributed by atoms with Gasteiger partial charge in [0.15, 0.2) is 5.58 Å². The van der Waals surface area contributed by atoms with E-state index in [9.17, 15) is 0 Å². The van der Waals surface area contributed by atoms with Crippen molar-refractivity contribution in [2.75, 3.05) is 9.80 Å². The molecule has 5 nitrogen and oxygen atoms in total. The van der Waals surface area contributed by atoms with Crippen molar-refractivity contribution in [1.82, 2.24) is 4.98 Å². The number of oxazole rings is 1. The minimum absolute atomic E-state index is 0.559. The van der Waals surface area contributed by atoms with Crippen molar-refractivity contribution < 1.29 is 8.83 Å². The number of fused-ring (bicyclic) bond motifs is 4. The fourth-order valence-electron chi connectivity index (χ4n) is 7.39. The smallest absolute Gasteiger partial charge is 0.227 e. The molecule has 0 saturated carbocycles. The van der Waals surface area contributed by atoms with E-state index in [0.29, 0.717) is 11.5 Å². The molecule has 10 aromatic rings. The van der Waals surface area contributed by atoms with Gasteiger partial charge in [-0.2, -0.15) is 0 Å². The Labute approximate surface area is 312 Å². The SMILES string of the molecule is c1ccc(-c2nc3cc(N(c4ccccc4)c4ccccc4-c4ccccc4)cc(N(c4ccccc4)c4ccc5oc6ccccc6c5c4)c3o2)cc1. The predicted molar refractivity (Wildman–Crippen MR) is 222 cm³/mol. The first kappa shape index (κ1) is 31.4. The van der Waals surface area contributed by atoms with Crippen LogP contribution in [-0.2, 0) is 0 Å². The number of furan rings is 1. The second kappa shape index (κ2) is 13.3. The van der Waals surface area contributed by atoms with Crippen molar-refractivity contribution in [2.45, 2.75) is 0 Å². The van der Waals surface area contributed by atoms with E-state index in [-0.39, 0.29) is 0 Å². The quantitative estimate of drug-likeness (QED) is 0.158. The zero-order valence-corrected chi connectivity index (χ0v) is 29.2. The first-order valence-electron chi connectivity index (χ1n) is 18.0. The van der Waals surface area contributed by atoms with E-state index >= 15 is 0 Å². The van der Waals surface area contributed by atoms with E-state index in [4.69, 9.17) is 13.8 Å². The summed E-state index contributed by atoms with van der Waals surface area (Å²) in [5, 5.41) is 2.11. The summed E-state index contributed by atoms with van der Waals surface area (Å²) in [7, 11) is 0. The molecule has 10 rings (SSSR count). The Morgan fingerprint density at radius 3 is 1.67 bits per heavy atom. The van der Waals surface area contributed by atoms with Gasteiger partial charge in [0.2, 0.25) is 5.89 Å². The van der Waals surface area contributed by atoms with Gasteiger partial charge in [-0.1, -0.05) is 121 Å². The molecule has 2 heterocycles. The fraction of sp³-hybridized carbons (Fsp3) is 0. The molecule has 0 aliphatic carbocycles. The van der Waals surface area contributed by atoms with Gasteiger partial charge in [0.05, 0.1) is 17.1 Å². The molecule has 54 heavy (non-hydrogen) atoms. The van der Waals surface area contributed by atoms with Gasteiger partial charge in [-0.05, 0) is 84.4 Å². The summed E-state index contributed by atoms with van der Waals surface area (Å²) in [5.41, 5.74) is 12.1. The molecule has 0 aliphatic heterocycles. The van der Waals surface area contributed by atoms with Crippen LogP contribution in [0.15, 0.2) is 209 Å². The van der Waals surface area contributed by atoms with Crippen LogP contribution < -0.4 is 9.80 Å². The lowest BCUT2D eigenvalue weighted by atomic mass is 10.0. The van der Waals surface area contributed by atoms with Crippen LogP contribution in [-0.4, -0.2) is 4.98 Å². The number of benzene rings is 8. The highest BCUT2D eigenvalue weighted by Gasteiger charge is 2.25. The van der Waals surface area contributed by atoms with Crippen LogP contribution in [0.25, 0.3) is 55.6 Å². The molecule has 256 valence electrons. The molecule has 0 bridgehead atoms. The summed E-state index contributed by atoms with van der Waals surface area (Å²) in [6.07, 6.45) is 0. The first-order valence-corrected chi connectivity index (χ1v) is 18.0. The van der Waals surface area contributed by atoms with Gasteiger partial charge < -0.3 is 18.6 Å². The standard InChI is InChI=1S/C49H33N3O2/c1-5-17-34(18-6-1)40-25-13-15-27-44(40)52(37-23-11-4-12-24-37)39-32-43-48(54-49(50-43)35-19-7-2-8-20-35)45(33-39)51(36-21-9-3-10-22-36)38-29-30-47-42(31-38)41-26-14-16-28-46(41)53-47/h1-33H. The third-order valence-corrected chi connectivity index (χ3v) is 9.85. The number of anilines is 6. The van der Waals surface area contributed by atoms with E-state index in [0.717, 1.165) is 78.3 Å². The van der Waals surface area contributed by atoms with E-state index < -0.39 is 0 Å².